The molecule has 0 saturated carbocycles. The van der Waals surface area contributed by atoms with Crippen LogP contribution in [0.4, 0.5) is 11.6 Å². The van der Waals surface area contributed by atoms with Gasteiger partial charge in [-0.1, -0.05) is 6.92 Å². The molecule has 0 aliphatic carbocycles. The van der Waals surface area contributed by atoms with Gasteiger partial charge in [0.05, 0.1) is 12.1 Å². The van der Waals surface area contributed by atoms with Gasteiger partial charge in [-0.3, -0.25) is 0 Å². The zero-order valence-electron chi connectivity index (χ0n) is 11.4. The van der Waals surface area contributed by atoms with E-state index in [-0.39, 0.29) is 5.54 Å². The standard InChI is InChI=1S/C13H22N4O/c1-4-10-15-11(14-5-2)8-12(16-10)17-13(3)6-7-18-9-13/h8H,4-7,9H2,1-3H3,(H2,14,15,16,17). The molecule has 2 rings (SSSR count). The molecule has 100 valence electrons. The van der Waals surface area contributed by atoms with Crippen LogP contribution < -0.4 is 10.6 Å². The van der Waals surface area contributed by atoms with E-state index in [1.54, 1.807) is 0 Å². The van der Waals surface area contributed by atoms with Crippen molar-refractivity contribution in [2.24, 2.45) is 0 Å². The second-order valence-corrected chi connectivity index (χ2v) is 4.93. The molecule has 0 aromatic carbocycles. The van der Waals surface area contributed by atoms with E-state index in [0.717, 1.165) is 50.1 Å². The van der Waals surface area contributed by atoms with Gasteiger partial charge in [-0.05, 0) is 20.3 Å². The molecule has 0 radical (unpaired) electrons. The number of hydrogen-bond donors (Lipinski definition) is 2. The SMILES string of the molecule is CCNc1cc(NC2(C)CCOC2)nc(CC)n1. The third-order valence-corrected chi connectivity index (χ3v) is 3.10. The summed E-state index contributed by atoms with van der Waals surface area (Å²) in [6, 6.07) is 1.96. The molecule has 1 aromatic heterocycles. The summed E-state index contributed by atoms with van der Waals surface area (Å²) in [6.07, 6.45) is 1.84. The Balaban J connectivity index is 2.17. The van der Waals surface area contributed by atoms with E-state index in [2.05, 4.69) is 41.4 Å². The van der Waals surface area contributed by atoms with Crippen molar-refractivity contribution in [2.75, 3.05) is 30.4 Å². The predicted molar refractivity (Wildman–Crippen MR) is 73.0 cm³/mol. The summed E-state index contributed by atoms with van der Waals surface area (Å²) in [5, 5.41) is 6.71. The van der Waals surface area contributed by atoms with Crippen molar-refractivity contribution >= 4 is 11.6 Å². The first-order valence-electron chi connectivity index (χ1n) is 6.63. The van der Waals surface area contributed by atoms with E-state index in [1.807, 2.05) is 6.07 Å². The van der Waals surface area contributed by atoms with Crippen LogP contribution in [0.3, 0.4) is 0 Å². The minimum Gasteiger partial charge on any atom is -0.379 e. The Morgan fingerprint density at radius 3 is 2.72 bits per heavy atom. The molecule has 5 nitrogen and oxygen atoms in total. The molecule has 18 heavy (non-hydrogen) atoms. The van der Waals surface area contributed by atoms with Crippen molar-refractivity contribution in [2.45, 2.75) is 39.2 Å². The maximum atomic E-state index is 5.45. The molecule has 0 bridgehead atoms. The van der Waals surface area contributed by atoms with Crippen molar-refractivity contribution in [1.82, 2.24) is 9.97 Å². The fourth-order valence-electron chi connectivity index (χ4n) is 2.07. The lowest BCUT2D eigenvalue weighted by atomic mass is 10.0. The quantitative estimate of drug-likeness (QED) is 0.837. The van der Waals surface area contributed by atoms with Gasteiger partial charge < -0.3 is 15.4 Å². The van der Waals surface area contributed by atoms with Gasteiger partial charge in [0.1, 0.15) is 17.5 Å². The number of nitrogens with zero attached hydrogens (tertiary/aromatic N) is 2. The number of aromatic nitrogens is 2. The molecule has 1 aliphatic heterocycles. The van der Waals surface area contributed by atoms with Crippen LogP contribution in [0.5, 0.6) is 0 Å². The lowest BCUT2D eigenvalue weighted by molar-refractivity contribution is 0.185. The number of ether oxygens (including phenoxy) is 1. The average Bonchev–Trinajstić information content (AvgIpc) is 2.75. The number of rotatable bonds is 5. The number of nitrogens with one attached hydrogen (secondary N) is 2. The van der Waals surface area contributed by atoms with Gasteiger partial charge in [0.2, 0.25) is 0 Å². The lowest BCUT2D eigenvalue weighted by Gasteiger charge is -2.24. The van der Waals surface area contributed by atoms with Gasteiger partial charge in [-0.25, -0.2) is 9.97 Å². The first-order valence-corrected chi connectivity index (χ1v) is 6.63. The highest BCUT2D eigenvalue weighted by Gasteiger charge is 2.29. The molecule has 2 heterocycles. The first-order chi connectivity index (χ1) is 8.65. The highest BCUT2D eigenvalue weighted by atomic mass is 16.5. The average molecular weight is 250 g/mol. The van der Waals surface area contributed by atoms with Crippen molar-refractivity contribution in [3.8, 4) is 0 Å². The zero-order chi connectivity index (χ0) is 13.0. The largest absolute Gasteiger partial charge is 0.379 e. The molecule has 1 aromatic rings. The first kappa shape index (κ1) is 13.1. The smallest absolute Gasteiger partial charge is 0.132 e. The van der Waals surface area contributed by atoms with Crippen molar-refractivity contribution in [3.63, 3.8) is 0 Å². The molecule has 1 atom stereocenters. The second-order valence-electron chi connectivity index (χ2n) is 4.93. The Hall–Kier alpha value is -1.36. The molecule has 1 aliphatic rings. The Morgan fingerprint density at radius 1 is 1.33 bits per heavy atom. The van der Waals surface area contributed by atoms with Crippen LogP contribution in [-0.2, 0) is 11.2 Å². The number of anilines is 2. The van der Waals surface area contributed by atoms with Gasteiger partial charge in [-0.15, -0.1) is 0 Å². The van der Waals surface area contributed by atoms with Crippen molar-refractivity contribution < 1.29 is 4.74 Å². The Morgan fingerprint density at radius 2 is 2.11 bits per heavy atom. The Bertz CT molecular complexity index is 402. The fraction of sp³-hybridized carbons (Fsp3) is 0.692. The van der Waals surface area contributed by atoms with Crippen LogP contribution >= 0.6 is 0 Å². The number of hydrogen-bond acceptors (Lipinski definition) is 5. The molecule has 1 fully saturated rings. The maximum Gasteiger partial charge on any atom is 0.132 e. The highest BCUT2D eigenvalue weighted by Crippen LogP contribution is 2.23. The summed E-state index contributed by atoms with van der Waals surface area (Å²) in [7, 11) is 0. The maximum absolute atomic E-state index is 5.45. The number of aryl methyl sites for hydroxylation is 1. The molecule has 0 spiro atoms. The van der Waals surface area contributed by atoms with Crippen LogP contribution in [0.2, 0.25) is 0 Å². The van der Waals surface area contributed by atoms with Crippen LogP contribution in [0, 0.1) is 0 Å². The van der Waals surface area contributed by atoms with Gasteiger partial charge in [-0.2, -0.15) is 0 Å². The van der Waals surface area contributed by atoms with Crippen LogP contribution in [0.15, 0.2) is 6.07 Å². The van der Waals surface area contributed by atoms with E-state index < -0.39 is 0 Å². The topological polar surface area (TPSA) is 59.1 Å². The Labute approximate surface area is 108 Å². The summed E-state index contributed by atoms with van der Waals surface area (Å²) in [5.74, 6) is 2.62. The van der Waals surface area contributed by atoms with Gasteiger partial charge in [0, 0.05) is 25.6 Å². The van der Waals surface area contributed by atoms with Gasteiger partial charge in [0.25, 0.3) is 0 Å². The fourth-order valence-corrected chi connectivity index (χ4v) is 2.07. The van der Waals surface area contributed by atoms with Crippen LogP contribution in [-0.4, -0.2) is 35.3 Å². The molecular formula is C13H22N4O. The molecular weight excluding hydrogens is 228 g/mol. The molecule has 5 heteroatoms. The van der Waals surface area contributed by atoms with Crippen molar-refractivity contribution in [1.29, 1.82) is 0 Å². The summed E-state index contributed by atoms with van der Waals surface area (Å²) in [6.45, 7) is 8.70. The summed E-state index contributed by atoms with van der Waals surface area (Å²) in [5.41, 5.74) is -0.0111. The van der Waals surface area contributed by atoms with E-state index in [9.17, 15) is 0 Å². The summed E-state index contributed by atoms with van der Waals surface area (Å²) >= 11 is 0. The summed E-state index contributed by atoms with van der Waals surface area (Å²) < 4.78 is 5.45. The van der Waals surface area contributed by atoms with E-state index in [1.165, 1.54) is 0 Å². The van der Waals surface area contributed by atoms with Crippen LogP contribution in [0.25, 0.3) is 0 Å². The van der Waals surface area contributed by atoms with Gasteiger partial charge >= 0.3 is 0 Å². The molecule has 2 N–H and O–H groups in total. The molecule has 0 amide bonds. The highest BCUT2D eigenvalue weighted by molar-refractivity contribution is 5.49. The third kappa shape index (κ3) is 3.10. The lowest BCUT2D eigenvalue weighted by Crippen LogP contribution is -2.35. The van der Waals surface area contributed by atoms with Crippen LogP contribution in [0.1, 0.15) is 33.0 Å². The zero-order valence-corrected chi connectivity index (χ0v) is 11.4. The normalized spacial score (nSPS) is 23.1. The van der Waals surface area contributed by atoms with Gasteiger partial charge in [0.15, 0.2) is 0 Å². The third-order valence-electron chi connectivity index (χ3n) is 3.10. The Kier molecular flexibility index (Phi) is 4.01. The van der Waals surface area contributed by atoms with Crippen molar-refractivity contribution in [3.05, 3.63) is 11.9 Å². The summed E-state index contributed by atoms with van der Waals surface area (Å²) in [4.78, 5) is 8.97. The minimum absolute atomic E-state index is 0.0111. The van der Waals surface area contributed by atoms with E-state index >= 15 is 0 Å². The van der Waals surface area contributed by atoms with E-state index in [0.29, 0.717) is 0 Å². The predicted octanol–water partition coefficient (Wildman–Crippen LogP) is 2.06. The van der Waals surface area contributed by atoms with E-state index in [4.69, 9.17) is 4.74 Å². The monoisotopic (exact) mass is 250 g/mol. The molecule has 1 unspecified atom stereocenters. The minimum atomic E-state index is -0.0111. The molecule has 1 saturated heterocycles. The second kappa shape index (κ2) is 5.52.